The third-order valence-corrected chi connectivity index (χ3v) is 5.54. The van der Waals surface area contributed by atoms with Gasteiger partial charge in [-0.05, 0) is 35.9 Å². The molecule has 0 fully saturated rings. The van der Waals surface area contributed by atoms with Crippen molar-refractivity contribution in [3.05, 3.63) is 59.7 Å². The normalized spacial score (nSPS) is 17.6. The van der Waals surface area contributed by atoms with Crippen LogP contribution in [0.3, 0.4) is 0 Å². The zero-order chi connectivity index (χ0) is 20.5. The average molecular weight is 411 g/mol. The van der Waals surface area contributed by atoms with Gasteiger partial charge in [0, 0.05) is 18.0 Å². The number of nitrogens with one attached hydrogen (secondary N) is 2. The molecule has 0 saturated heterocycles. The van der Waals surface area contributed by atoms with Crippen molar-refractivity contribution in [1.82, 2.24) is 5.43 Å². The average Bonchev–Trinajstić information content (AvgIpc) is 2.62. The summed E-state index contributed by atoms with van der Waals surface area (Å²) in [5.74, 6) is -0.275. The maximum Gasteiger partial charge on any atom is 0.416 e. The molecule has 0 aromatic heterocycles. The number of carbonyl (C=O) groups excluding carboxylic acids is 1. The molecule has 3 rings (SSSR count). The first-order valence-electron chi connectivity index (χ1n) is 8.23. The van der Waals surface area contributed by atoms with E-state index in [0.29, 0.717) is 23.8 Å². The Morgan fingerprint density at radius 1 is 1.14 bits per heavy atom. The highest BCUT2D eigenvalue weighted by Gasteiger charge is 2.31. The van der Waals surface area contributed by atoms with Gasteiger partial charge in [0.15, 0.2) is 0 Å². The molecule has 2 aromatic carbocycles. The molecule has 1 aliphatic heterocycles. The second-order valence-electron chi connectivity index (χ2n) is 6.35. The first-order valence-corrected chi connectivity index (χ1v) is 9.71. The largest absolute Gasteiger partial charge is 0.416 e. The number of carbonyl (C=O) groups is 1. The quantitative estimate of drug-likeness (QED) is 0.809. The molecule has 0 radical (unpaired) electrons. The van der Waals surface area contributed by atoms with Crippen LogP contribution in [-0.4, -0.2) is 20.0 Å². The van der Waals surface area contributed by atoms with E-state index in [4.69, 9.17) is 0 Å². The Morgan fingerprint density at radius 3 is 2.43 bits per heavy atom. The summed E-state index contributed by atoms with van der Waals surface area (Å²) in [6, 6.07) is 9.72. The van der Waals surface area contributed by atoms with Gasteiger partial charge in [0.25, 0.3) is 10.0 Å². The van der Waals surface area contributed by atoms with E-state index in [0.717, 1.165) is 18.2 Å². The molecule has 2 aromatic rings. The highest BCUT2D eigenvalue weighted by atomic mass is 32.2. The van der Waals surface area contributed by atoms with Crippen molar-refractivity contribution in [3.8, 4) is 0 Å². The van der Waals surface area contributed by atoms with Crippen LogP contribution in [0.15, 0.2) is 58.5 Å². The summed E-state index contributed by atoms with van der Waals surface area (Å²) in [5, 5.41) is 4.02. The molecule has 0 spiro atoms. The second-order valence-corrected chi connectivity index (χ2v) is 8.03. The van der Waals surface area contributed by atoms with Crippen LogP contribution < -0.4 is 10.1 Å². The van der Waals surface area contributed by atoms with Gasteiger partial charge in [0.05, 0.1) is 16.2 Å². The maximum absolute atomic E-state index is 12.8. The Balaban J connectivity index is 1.81. The lowest BCUT2D eigenvalue weighted by Crippen LogP contribution is -2.31. The molecule has 0 saturated carbocycles. The fourth-order valence-corrected chi connectivity index (χ4v) is 3.87. The molecule has 28 heavy (non-hydrogen) atoms. The van der Waals surface area contributed by atoms with Crippen molar-refractivity contribution in [2.45, 2.75) is 24.4 Å². The number of benzene rings is 2. The Kier molecular flexibility index (Phi) is 5.16. The second kappa shape index (κ2) is 7.27. The van der Waals surface area contributed by atoms with E-state index in [-0.39, 0.29) is 17.5 Å². The van der Waals surface area contributed by atoms with Crippen LogP contribution in [0.4, 0.5) is 18.9 Å². The lowest BCUT2D eigenvalue weighted by Gasteiger charge is -2.19. The summed E-state index contributed by atoms with van der Waals surface area (Å²) >= 11 is 0. The first-order chi connectivity index (χ1) is 13.1. The van der Waals surface area contributed by atoms with Crippen LogP contribution >= 0.6 is 0 Å². The van der Waals surface area contributed by atoms with Crippen molar-refractivity contribution in [1.29, 1.82) is 0 Å². The molecular weight excluding hydrogens is 395 g/mol. The summed E-state index contributed by atoms with van der Waals surface area (Å²) in [6.07, 6.45) is -4.34. The van der Waals surface area contributed by atoms with Crippen LogP contribution in [-0.2, 0) is 21.0 Å². The minimum atomic E-state index is -4.64. The minimum Gasteiger partial charge on any atom is -0.280 e. The minimum absolute atomic E-state index is 0.0959. The Hall–Kier alpha value is -2.88. The zero-order valence-electron chi connectivity index (χ0n) is 14.6. The molecule has 148 valence electrons. The molecule has 10 heteroatoms. The van der Waals surface area contributed by atoms with Crippen molar-refractivity contribution >= 4 is 27.3 Å². The summed E-state index contributed by atoms with van der Waals surface area (Å²) in [5.41, 5.74) is 2.91. The number of rotatable bonds is 4. The number of hydrogen-bond acceptors (Lipinski definition) is 4. The molecule has 2 N–H and O–H groups in total. The summed E-state index contributed by atoms with van der Waals surface area (Å²) in [4.78, 5) is 10.8. The summed E-state index contributed by atoms with van der Waals surface area (Å²) < 4.78 is 65.5. The van der Waals surface area contributed by atoms with Crippen molar-refractivity contribution < 1.29 is 26.4 Å². The van der Waals surface area contributed by atoms with Gasteiger partial charge >= 0.3 is 6.18 Å². The van der Waals surface area contributed by atoms with Gasteiger partial charge in [0.1, 0.15) is 0 Å². The number of nitrogens with zero attached hydrogens (tertiary/aromatic N) is 1. The van der Waals surface area contributed by atoms with Crippen molar-refractivity contribution in [3.63, 3.8) is 0 Å². The van der Waals surface area contributed by atoms with E-state index in [1.54, 1.807) is 12.1 Å². The molecule has 0 bridgehead atoms. The number of amides is 1. The van der Waals surface area contributed by atoms with Gasteiger partial charge in [-0.25, -0.2) is 13.8 Å². The van der Waals surface area contributed by atoms with Crippen LogP contribution in [0.25, 0.3) is 0 Å². The van der Waals surface area contributed by atoms with Crippen LogP contribution in [0, 0.1) is 5.92 Å². The van der Waals surface area contributed by atoms with Gasteiger partial charge in [-0.2, -0.15) is 18.3 Å². The highest BCUT2D eigenvalue weighted by Crippen LogP contribution is 2.31. The molecule has 1 unspecified atom stereocenters. The molecule has 0 aliphatic carbocycles. The van der Waals surface area contributed by atoms with Crippen LogP contribution in [0.2, 0.25) is 0 Å². The molecule has 1 amide bonds. The molecule has 1 heterocycles. The smallest absolute Gasteiger partial charge is 0.280 e. The number of hydrogen-bond donors (Lipinski definition) is 2. The third-order valence-electron chi connectivity index (χ3n) is 4.16. The van der Waals surface area contributed by atoms with Gasteiger partial charge in [-0.3, -0.25) is 9.52 Å². The standard InChI is InChI=1S/C18H16F3N3O3S/c1-11-9-16(25)22-23-17(11)12-5-7-14(8-6-12)24-28(26,27)15-4-2-3-13(10-15)18(19,20)21/h2-8,10-11,24H,9H2,1H3,(H,22,25). The zero-order valence-corrected chi connectivity index (χ0v) is 15.4. The number of sulfonamides is 1. The summed E-state index contributed by atoms with van der Waals surface area (Å²) in [6.45, 7) is 1.85. The van der Waals surface area contributed by atoms with E-state index in [1.807, 2.05) is 6.92 Å². The summed E-state index contributed by atoms with van der Waals surface area (Å²) in [7, 11) is -4.19. The fourth-order valence-electron chi connectivity index (χ4n) is 2.76. The Morgan fingerprint density at radius 2 is 1.82 bits per heavy atom. The topological polar surface area (TPSA) is 87.6 Å². The number of anilines is 1. The number of alkyl halides is 3. The predicted molar refractivity (Wildman–Crippen MR) is 97.2 cm³/mol. The van der Waals surface area contributed by atoms with E-state index in [9.17, 15) is 26.4 Å². The number of hydrazone groups is 1. The van der Waals surface area contributed by atoms with Crippen molar-refractivity contribution in [2.24, 2.45) is 11.0 Å². The van der Waals surface area contributed by atoms with E-state index < -0.39 is 26.7 Å². The fraction of sp³-hybridized carbons (Fsp3) is 0.222. The van der Waals surface area contributed by atoms with Crippen LogP contribution in [0.5, 0.6) is 0 Å². The highest BCUT2D eigenvalue weighted by molar-refractivity contribution is 7.92. The molecule has 1 atom stereocenters. The monoisotopic (exact) mass is 411 g/mol. The molecular formula is C18H16F3N3O3S. The van der Waals surface area contributed by atoms with Crippen molar-refractivity contribution in [2.75, 3.05) is 4.72 Å². The van der Waals surface area contributed by atoms with Gasteiger partial charge in [0.2, 0.25) is 5.91 Å². The Bertz CT molecular complexity index is 1030. The lowest BCUT2D eigenvalue weighted by atomic mass is 9.94. The first kappa shape index (κ1) is 19.9. The van der Waals surface area contributed by atoms with E-state index in [2.05, 4.69) is 15.2 Å². The molecule has 6 nitrogen and oxygen atoms in total. The lowest BCUT2D eigenvalue weighted by molar-refractivity contribution is -0.137. The van der Waals surface area contributed by atoms with E-state index in [1.165, 1.54) is 12.1 Å². The molecule has 1 aliphatic rings. The van der Waals surface area contributed by atoms with Gasteiger partial charge in [-0.15, -0.1) is 0 Å². The van der Waals surface area contributed by atoms with E-state index >= 15 is 0 Å². The van der Waals surface area contributed by atoms with Crippen LogP contribution in [0.1, 0.15) is 24.5 Å². The maximum atomic E-state index is 12.8. The third kappa shape index (κ3) is 4.33. The van der Waals surface area contributed by atoms with Gasteiger partial charge in [-0.1, -0.05) is 25.1 Å². The number of halogens is 3. The SMILES string of the molecule is CC1CC(=O)NN=C1c1ccc(NS(=O)(=O)c2cccc(C(F)(F)F)c2)cc1. The van der Waals surface area contributed by atoms with Gasteiger partial charge < -0.3 is 0 Å². The Labute approximate surface area is 159 Å². The predicted octanol–water partition coefficient (Wildman–Crippen LogP) is 3.37.